The number of carbonyl (C=O) groups excluding carboxylic acids is 1. The van der Waals surface area contributed by atoms with Crippen molar-refractivity contribution in [2.24, 2.45) is 0 Å². The van der Waals surface area contributed by atoms with Gasteiger partial charge in [0.05, 0.1) is 12.8 Å². The molecular formula is C17H17F2NO3. The van der Waals surface area contributed by atoms with Crippen LogP contribution in [0.1, 0.15) is 13.3 Å². The SMILES string of the molecule is CC[C@@H](Oc1ccc(OC)cc1)C(=O)Nc1ccc(F)cc1F. The Balaban J connectivity index is 2.05. The van der Waals surface area contributed by atoms with Gasteiger partial charge in [-0.1, -0.05) is 6.92 Å². The molecule has 1 N–H and O–H groups in total. The highest BCUT2D eigenvalue weighted by molar-refractivity contribution is 5.94. The van der Waals surface area contributed by atoms with Crippen molar-refractivity contribution in [1.29, 1.82) is 0 Å². The molecule has 0 saturated carbocycles. The second kappa shape index (κ2) is 7.58. The van der Waals surface area contributed by atoms with Gasteiger partial charge in [-0.3, -0.25) is 4.79 Å². The predicted octanol–water partition coefficient (Wildman–Crippen LogP) is 3.77. The third-order valence-electron chi connectivity index (χ3n) is 3.19. The number of ether oxygens (including phenoxy) is 2. The molecule has 0 aliphatic rings. The van der Waals surface area contributed by atoms with Crippen molar-refractivity contribution in [2.45, 2.75) is 19.4 Å². The van der Waals surface area contributed by atoms with Crippen molar-refractivity contribution in [3.63, 3.8) is 0 Å². The summed E-state index contributed by atoms with van der Waals surface area (Å²) in [6, 6.07) is 9.72. The van der Waals surface area contributed by atoms with Crippen molar-refractivity contribution in [2.75, 3.05) is 12.4 Å². The van der Waals surface area contributed by atoms with E-state index in [9.17, 15) is 13.6 Å². The molecule has 0 aliphatic carbocycles. The number of carbonyl (C=O) groups is 1. The minimum atomic E-state index is -0.836. The number of halogens is 2. The third-order valence-corrected chi connectivity index (χ3v) is 3.19. The third kappa shape index (κ3) is 4.42. The van der Waals surface area contributed by atoms with Crippen LogP contribution in [0.3, 0.4) is 0 Å². The molecule has 0 spiro atoms. The average Bonchev–Trinajstić information content (AvgIpc) is 2.55. The first-order valence-electron chi connectivity index (χ1n) is 7.10. The van der Waals surface area contributed by atoms with E-state index in [4.69, 9.17) is 9.47 Å². The zero-order valence-electron chi connectivity index (χ0n) is 12.8. The van der Waals surface area contributed by atoms with Crippen LogP contribution in [0.4, 0.5) is 14.5 Å². The molecule has 6 heteroatoms. The quantitative estimate of drug-likeness (QED) is 0.881. The van der Waals surface area contributed by atoms with Crippen molar-refractivity contribution in [3.8, 4) is 11.5 Å². The van der Waals surface area contributed by atoms with Crippen LogP contribution in [-0.2, 0) is 4.79 Å². The minimum absolute atomic E-state index is 0.0896. The van der Waals surface area contributed by atoms with E-state index in [-0.39, 0.29) is 5.69 Å². The van der Waals surface area contributed by atoms with Crippen LogP contribution in [0, 0.1) is 11.6 Å². The standard InChI is InChI=1S/C17H17F2NO3/c1-3-16(23-13-7-5-12(22-2)6-8-13)17(21)20-15-9-4-11(18)10-14(15)19/h4-10,16H,3H2,1-2H3,(H,20,21)/t16-/m1/s1. The molecule has 0 aliphatic heterocycles. The van der Waals surface area contributed by atoms with Crippen LogP contribution < -0.4 is 14.8 Å². The maximum atomic E-state index is 13.6. The van der Waals surface area contributed by atoms with Gasteiger partial charge in [-0.25, -0.2) is 8.78 Å². The lowest BCUT2D eigenvalue weighted by Gasteiger charge is -2.17. The molecule has 1 amide bonds. The Labute approximate surface area is 133 Å². The van der Waals surface area contributed by atoms with E-state index >= 15 is 0 Å². The van der Waals surface area contributed by atoms with Gasteiger partial charge >= 0.3 is 0 Å². The molecule has 1 atom stereocenters. The molecule has 2 aromatic rings. The molecule has 23 heavy (non-hydrogen) atoms. The van der Waals surface area contributed by atoms with Gasteiger partial charge in [-0.15, -0.1) is 0 Å². The van der Waals surface area contributed by atoms with E-state index in [0.717, 1.165) is 6.07 Å². The fourth-order valence-electron chi connectivity index (χ4n) is 1.94. The van der Waals surface area contributed by atoms with Crippen LogP contribution in [0.25, 0.3) is 0 Å². The molecule has 0 saturated heterocycles. The van der Waals surface area contributed by atoms with Gasteiger partial charge in [-0.05, 0) is 42.8 Å². The lowest BCUT2D eigenvalue weighted by molar-refractivity contribution is -0.122. The number of rotatable bonds is 6. The summed E-state index contributed by atoms with van der Waals surface area (Å²) < 4.78 is 37.1. The van der Waals surface area contributed by atoms with Crippen molar-refractivity contribution in [3.05, 3.63) is 54.1 Å². The molecule has 122 valence electrons. The maximum absolute atomic E-state index is 13.6. The van der Waals surface area contributed by atoms with Gasteiger partial charge in [0.1, 0.15) is 23.1 Å². The maximum Gasteiger partial charge on any atom is 0.265 e. The lowest BCUT2D eigenvalue weighted by Crippen LogP contribution is -2.32. The summed E-state index contributed by atoms with van der Waals surface area (Å²) in [6.07, 6.45) is -0.409. The summed E-state index contributed by atoms with van der Waals surface area (Å²) in [5.74, 6) is -0.885. The molecule has 2 rings (SSSR count). The van der Waals surface area contributed by atoms with Crippen LogP contribution in [0.15, 0.2) is 42.5 Å². The van der Waals surface area contributed by atoms with E-state index in [1.807, 2.05) is 0 Å². The van der Waals surface area contributed by atoms with Crippen LogP contribution in [0.5, 0.6) is 11.5 Å². The fourth-order valence-corrected chi connectivity index (χ4v) is 1.94. The van der Waals surface area contributed by atoms with Gasteiger partial charge in [-0.2, -0.15) is 0 Å². The smallest absolute Gasteiger partial charge is 0.265 e. The number of nitrogens with one attached hydrogen (secondary N) is 1. The molecule has 0 heterocycles. The number of hydrogen-bond acceptors (Lipinski definition) is 3. The van der Waals surface area contributed by atoms with Crippen molar-refractivity contribution in [1.82, 2.24) is 0 Å². The fraction of sp³-hybridized carbons (Fsp3) is 0.235. The van der Waals surface area contributed by atoms with Gasteiger partial charge in [0, 0.05) is 6.07 Å². The highest BCUT2D eigenvalue weighted by atomic mass is 19.1. The summed E-state index contributed by atoms with van der Waals surface area (Å²) >= 11 is 0. The Morgan fingerprint density at radius 3 is 2.35 bits per heavy atom. The number of methoxy groups -OCH3 is 1. The second-order valence-corrected chi connectivity index (χ2v) is 4.80. The zero-order chi connectivity index (χ0) is 16.8. The van der Waals surface area contributed by atoms with E-state index in [2.05, 4.69) is 5.32 Å². The highest BCUT2D eigenvalue weighted by Gasteiger charge is 2.20. The number of amides is 1. The van der Waals surface area contributed by atoms with Crippen LogP contribution in [-0.4, -0.2) is 19.1 Å². The van der Waals surface area contributed by atoms with E-state index in [1.165, 1.54) is 6.07 Å². The van der Waals surface area contributed by atoms with Gasteiger partial charge in [0.25, 0.3) is 5.91 Å². The van der Waals surface area contributed by atoms with Crippen LogP contribution in [0.2, 0.25) is 0 Å². The van der Waals surface area contributed by atoms with E-state index < -0.39 is 23.6 Å². The molecule has 0 unspecified atom stereocenters. The summed E-state index contributed by atoms with van der Waals surface area (Å²) in [5.41, 5.74) is -0.0896. The lowest BCUT2D eigenvalue weighted by atomic mass is 10.2. The molecule has 0 fully saturated rings. The van der Waals surface area contributed by atoms with Crippen molar-refractivity contribution >= 4 is 11.6 Å². The zero-order valence-corrected chi connectivity index (χ0v) is 12.8. The molecule has 0 aromatic heterocycles. The van der Waals surface area contributed by atoms with E-state index in [1.54, 1.807) is 38.3 Å². The van der Waals surface area contributed by atoms with E-state index in [0.29, 0.717) is 24.0 Å². The predicted molar refractivity (Wildman–Crippen MR) is 82.7 cm³/mol. The minimum Gasteiger partial charge on any atom is -0.497 e. The first-order chi connectivity index (χ1) is 11.0. The normalized spacial score (nSPS) is 11.7. The summed E-state index contributed by atoms with van der Waals surface area (Å²) in [7, 11) is 1.55. The van der Waals surface area contributed by atoms with Crippen molar-refractivity contribution < 1.29 is 23.0 Å². The largest absolute Gasteiger partial charge is 0.497 e. The molecule has 4 nitrogen and oxygen atoms in total. The summed E-state index contributed by atoms with van der Waals surface area (Å²) in [5, 5.41) is 2.40. The number of benzene rings is 2. The molecule has 2 aromatic carbocycles. The summed E-state index contributed by atoms with van der Waals surface area (Å²) in [4.78, 5) is 12.2. The van der Waals surface area contributed by atoms with Gasteiger partial charge < -0.3 is 14.8 Å². The molecule has 0 radical (unpaired) electrons. The highest BCUT2D eigenvalue weighted by Crippen LogP contribution is 2.20. The second-order valence-electron chi connectivity index (χ2n) is 4.80. The van der Waals surface area contributed by atoms with Gasteiger partial charge in [0.2, 0.25) is 0 Å². The number of anilines is 1. The molecular weight excluding hydrogens is 304 g/mol. The topological polar surface area (TPSA) is 47.6 Å². The molecule has 0 bridgehead atoms. The Morgan fingerprint density at radius 2 is 1.78 bits per heavy atom. The monoisotopic (exact) mass is 321 g/mol. The first-order valence-corrected chi connectivity index (χ1v) is 7.10. The average molecular weight is 321 g/mol. The Bertz CT molecular complexity index is 674. The first kappa shape index (κ1) is 16.7. The summed E-state index contributed by atoms with van der Waals surface area (Å²) in [6.45, 7) is 1.77. The number of hydrogen-bond donors (Lipinski definition) is 1. The van der Waals surface area contributed by atoms with Crippen LogP contribution >= 0.6 is 0 Å². The Hall–Kier alpha value is -2.63. The van der Waals surface area contributed by atoms with Gasteiger partial charge in [0.15, 0.2) is 6.10 Å². The Kier molecular flexibility index (Phi) is 5.51. The Morgan fingerprint density at radius 1 is 1.13 bits per heavy atom.